The van der Waals surface area contributed by atoms with Crippen LogP contribution in [0.5, 0.6) is 0 Å². The molecule has 0 aliphatic carbocycles. The highest BCUT2D eigenvalue weighted by atomic mass is 32.2. The van der Waals surface area contributed by atoms with Crippen LogP contribution < -0.4 is 11.5 Å². The molecule has 2 aromatic carbocycles. The lowest BCUT2D eigenvalue weighted by Crippen LogP contribution is -2.21. The van der Waals surface area contributed by atoms with Crippen LogP contribution in [0.25, 0.3) is 11.1 Å². The van der Waals surface area contributed by atoms with Crippen LogP contribution in [-0.2, 0) is 9.84 Å². The Hall–Kier alpha value is -2.89. The molecule has 0 unspecified atom stereocenters. The topological polar surface area (TPSA) is 142 Å². The average molecular weight is 463 g/mol. The summed E-state index contributed by atoms with van der Waals surface area (Å²) in [5.41, 5.74) is 12.0. The first kappa shape index (κ1) is 21.8. The van der Waals surface area contributed by atoms with Crippen LogP contribution in [0.2, 0.25) is 0 Å². The van der Waals surface area contributed by atoms with Crippen molar-refractivity contribution in [2.24, 2.45) is 16.5 Å². The number of sulfone groups is 1. The Morgan fingerprint density at radius 1 is 1.20 bits per heavy atom. The molecule has 0 saturated heterocycles. The number of hydrogen-bond donors (Lipinski definition) is 2. The van der Waals surface area contributed by atoms with E-state index in [1.165, 1.54) is 41.3 Å². The minimum Gasteiger partial charge on any atom is -0.370 e. The Kier molecular flexibility index (Phi) is 6.15. The second-order valence-electron chi connectivity index (χ2n) is 6.26. The van der Waals surface area contributed by atoms with E-state index in [1.807, 2.05) is 6.26 Å². The van der Waals surface area contributed by atoms with Crippen molar-refractivity contribution in [1.29, 1.82) is 0 Å². The van der Waals surface area contributed by atoms with Crippen LogP contribution >= 0.6 is 23.1 Å². The minimum atomic E-state index is -3.77. The summed E-state index contributed by atoms with van der Waals surface area (Å²) in [5.74, 6) is -0.218. The first-order valence-corrected chi connectivity index (χ1v) is 12.1. The third-order valence-corrected chi connectivity index (χ3v) is 8.40. The number of benzene rings is 2. The molecule has 1 aromatic heterocycles. The number of nitrogens with zero attached hydrogens (tertiary/aromatic N) is 2. The van der Waals surface area contributed by atoms with Gasteiger partial charge in [0.1, 0.15) is 0 Å². The molecule has 0 aliphatic heterocycles. The quantitative estimate of drug-likeness (QED) is 0.185. The summed E-state index contributed by atoms with van der Waals surface area (Å²) in [6.07, 6.45) is 1.81. The molecule has 156 valence electrons. The SMILES string of the molecule is CSc1sccc1S(=O)(=O)c1cccc(-c2c(C)cc(N=C(N)N)cc2[N+](=O)[O-])c1. The zero-order valence-corrected chi connectivity index (χ0v) is 18.5. The van der Waals surface area contributed by atoms with E-state index in [4.69, 9.17) is 11.5 Å². The van der Waals surface area contributed by atoms with E-state index in [2.05, 4.69) is 4.99 Å². The maximum absolute atomic E-state index is 13.2. The Labute approximate surface area is 181 Å². The van der Waals surface area contributed by atoms with Gasteiger partial charge in [-0.05, 0) is 54.0 Å². The van der Waals surface area contributed by atoms with Crippen molar-refractivity contribution in [1.82, 2.24) is 0 Å². The lowest BCUT2D eigenvalue weighted by molar-refractivity contribution is -0.384. The summed E-state index contributed by atoms with van der Waals surface area (Å²) >= 11 is 2.71. The Morgan fingerprint density at radius 2 is 1.93 bits per heavy atom. The van der Waals surface area contributed by atoms with Crippen molar-refractivity contribution in [3.05, 3.63) is 63.5 Å². The summed E-state index contributed by atoms with van der Waals surface area (Å²) in [7, 11) is -3.77. The Balaban J connectivity index is 2.20. The van der Waals surface area contributed by atoms with E-state index in [9.17, 15) is 18.5 Å². The van der Waals surface area contributed by atoms with Crippen LogP contribution in [0.1, 0.15) is 5.56 Å². The highest BCUT2D eigenvalue weighted by molar-refractivity contribution is 8.01. The van der Waals surface area contributed by atoms with Gasteiger partial charge in [-0.25, -0.2) is 13.4 Å². The van der Waals surface area contributed by atoms with Crippen molar-refractivity contribution in [3.8, 4) is 11.1 Å². The highest BCUT2D eigenvalue weighted by Gasteiger charge is 2.25. The molecule has 0 bridgehead atoms. The molecule has 0 atom stereocenters. The summed E-state index contributed by atoms with van der Waals surface area (Å²) in [4.78, 5) is 15.3. The molecule has 0 aliphatic rings. The average Bonchev–Trinajstić information content (AvgIpc) is 3.17. The van der Waals surface area contributed by atoms with Gasteiger partial charge in [-0.1, -0.05) is 12.1 Å². The van der Waals surface area contributed by atoms with E-state index in [-0.39, 0.29) is 27.1 Å². The van der Waals surface area contributed by atoms with Crippen LogP contribution in [0.3, 0.4) is 0 Å². The molecule has 3 rings (SSSR count). The maximum Gasteiger partial charge on any atom is 0.279 e. The van der Waals surface area contributed by atoms with Crippen molar-refractivity contribution in [3.63, 3.8) is 0 Å². The van der Waals surface area contributed by atoms with Crippen LogP contribution in [0.4, 0.5) is 11.4 Å². The van der Waals surface area contributed by atoms with Crippen molar-refractivity contribution < 1.29 is 13.3 Å². The van der Waals surface area contributed by atoms with Crippen molar-refractivity contribution in [2.45, 2.75) is 20.9 Å². The summed E-state index contributed by atoms with van der Waals surface area (Å²) in [6, 6.07) is 10.6. The van der Waals surface area contributed by atoms with E-state index >= 15 is 0 Å². The predicted octanol–water partition coefficient (Wildman–Crippen LogP) is 4.09. The molecule has 11 heteroatoms. The smallest absolute Gasteiger partial charge is 0.279 e. The van der Waals surface area contributed by atoms with E-state index in [0.717, 1.165) is 0 Å². The standard InChI is InChI=1S/C19H18N4O4S3/c1-11-8-13(22-19(20)21)10-15(23(24)25)17(11)12-4-3-5-14(9-12)30(26,27)16-6-7-29-18(16)28-2/h3-10H,1-2H3,(H4,20,21,22). The zero-order chi connectivity index (χ0) is 22.1. The molecule has 0 saturated carbocycles. The first-order chi connectivity index (χ1) is 14.1. The monoisotopic (exact) mass is 462 g/mol. The largest absolute Gasteiger partial charge is 0.370 e. The van der Waals surface area contributed by atoms with Crippen LogP contribution in [0.15, 0.2) is 66.8 Å². The third kappa shape index (κ3) is 4.18. The number of aryl methyl sites for hydroxylation is 1. The summed E-state index contributed by atoms with van der Waals surface area (Å²) in [5, 5.41) is 13.4. The fourth-order valence-electron chi connectivity index (χ4n) is 3.06. The number of nitrogens with two attached hydrogens (primary N) is 2. The summed E-state index contributed by atoms with van der Waals surface area (Å²) < 4.78 is 27.0. The third-order valence-electron chi connectivity index (χ3n) is 4.26. The first-order valence-electron chi connectivity index (χ1n) is 8.51. The molecule has 0 spiro atoms. The lowest BCUT2D eigenvalue weighted by atomic mass is 9.98. The molecule has 3 aromatic rings. The molecule has 0 fully saturated rings. The van der Waals surface area contributed by atoms with E-state index in [1.54, 1.807) is 36.6 Å². The zero-order valence-electron chi connectivity index (χ0n) is 16.0. The Morgan fingerprint density at radius 3 is 2.57 bits per heavy atom. The highest BCUT2D eigenvalue weighted by Crippen LogP contribution is 2.39. The lowest BCUT2D eigenvalue weighted by Gasteiger charge is -2.11. The number of nitro groups is 1. The number of thioether (sulfide) groups is 1. The number of aliphatic imine (C=N–C) groups is 1. The van der Waals surface area contributed by atoms with Crippen molar-refractivity contribution in [2.75, 3.05) is 6.26 Å². The van der Waals surface area contributed by atoms with Gasteiger partial charge in [0.25, 0.3) is 5.69 Å². The number of nitro benzene ring substituents is 1. The van der Waals surface area contributed by atoms with Gasteiger partial charge < -0.3 is 11.5 Å². The molecule has 8 nitrogen and oxygen atoms in total. The van der Waals surface area contributed by atoms with Gasteiger partial charge in [-0.2, -0.15) is 0 Å². The van der Waals surface area contributed by atoms with Gasteiger partial charge >= 0.3 is 0 Å². The van der Waals surface area contributed by atoms with Gasteiger partial charge in [-0.3, -0.25) is 10.1 Å². The number of guanidine groups is 1. The molecule has 1 heterocycles. The normalized spacial score (nSPS) is 11.3. The fourth-order valence-corrected chi connectivity index (χ4v) is 6.79. The second kappa shape index (κ2) is 8.46. The van der Waals surface area contributed by atoms with E-state index in [0.29, 0.717) is 20.9 Å². The van der Waals surface area contributed by atoms with Gasteiger partial charge in [0.15, 0.2) is 5.96 Å². The molecular formula is C19H18N4O4S3. The number of hydrogen-bond acceptors (Lipinski definition) is 7. The van der Waals surface area contributed by atoms with Crippen LogP contribution in [0, 0.1) is 17.0 Å². The van der Waals surface area contributed by atoms with E-state index < -0.39 is 14.8 Å². The molecule has 0 radical (unpaired) electrons. The van der Waals surface area contributed by atoms with Crippen molar-refractivity contribution >= 4 is 50.3 Å². The number of rotatable bonds is 6. The number of thiophene rings is 1. The van der Waals surface area contributed by atoms with Crippen LogP contribution in [-0.4, -0.2) is 25.6 Å². The van der Waals surface area contributed by atoms with Gasteiger partial charge in [0.05, 0.1) is 30.2 Å². The predicted molar refractivity (Wildman–Crippen MR) is 120 cm³/mol. The molecule has 4 N–H and O–H groups in total. The fraction of sp³-hybridized carbons (Fsp3) is 0.105. The molecular weight excluding hydrogens is 444 g/mol. The van der Waals surface area contributed by atoms with Gasteiger partial charge in [0, 0.05) is 6.07 Å². The summed E-state index contributed by atoms with van der Waals surface area (Å²) in [6.45, 7) is 1.68. The van der Waals surface area contributed by atoms with Gasteiger partial charge in [0.2, 0.25) is 9.84 Å². The van der Waals surface area contributed by atoms with Gasteiger partial charge in [-0.15, -0.1) is 23.1 Å². The molecule has 30 heavy (non-hydrogen) atoms. The second-order valence-corrected chi connectivity index (χ2v) is 10.2. The Bertz CT molecular complexity index is 1260. The maximum atomic E-state index is 13.2. The molecule has 0 amide bonds. The minimum absolute atomic E-state index is 0.0655.